The van der Waals surface area contributed by atoms with Gasteiger partial charge in [0.25, 0.3) is 0 Å². The van der Waals surface area contributed by atoms with Crippen LogP contribution in [0.1, 0.15) is 18.4 Å². The van der Waals surface area contributed by atoms with Crippen LogP contribution in [0, 0.1) is 0 Å². The largest absolute Gasteiger partial charge is 0.376 e. The van der Waals surface area contributed by atoms with Gasteiger partial charge in [0.15, 0.2) is 5.11 Å². The molecule has 16 heavy (non-hydrogen) atoms. The molecule has 2 rings (SSSR count). The number of anilines is 1. The highest BCUT2D eigenvalue weighted by molar-refractivity contribution is 7.80. The van der Waals surface area contributed by atoms with Crippen LogP contribution in [0.2, 0.25) is 0 Å². The van der Waals surface area contributed by atoms with Gasteiger partial charge in [-0.3, -0.25) is 0 Å². The van der Waals surface area contributed by atoms with E-state index in [0.717, 1.165) is 24.0 Å². The number of nitrogens with one attached hydrogen (secondary N) is 1. The molecule has 0 saturated heterocycles. The smallest absolute Gasteiger partial charge is 0.168 e. The van der Waals surface area contributed by atoms with Gasteiger partial charge in [-0.1, -0.05) is 6.92 Å². The second-order valence-electron chi connectivity index (χ2n) is 3.53. The topological polar surface area (TPSA) is 50.9 Å². The Bertz CT molecular complexity index is 519. The summed E-state index contributed by atoms with van der Waals surface area (Å²) in [4.78, 5) is 4.55. The molecule has 1 aromatic heterocycles. The van der Waals surface area contributed by atoms with E-state index in [1.54, 1.807) is 11.3 Å². The molecule has 84 valence electrons. The van der Waals surface area contributed by atoms with Gasteiger partial charge in [0, 0.05) is 5.69 Å². The van der Waals surface area contributed by atoms with E-state index in [1.165, 1.54) is 9.71 Å². The molecule has 0 fully saturated rings. The maximum absolute atomic E-state index is 5.43. The minimum absolute atomic E-state index is 0.289. The summed E-state index contributed by atoms with van der Waals surface area (Å²) in [6, 6.07) is 5.97. The summed E-state index contributed by atoms with van der Waals surface area (Å²) in [7, 11) is 0. The van der Waals surface area contributed by atoms with Crippen molar-refractivity contribution in [2.45, 2.75) is 19.8 Å². The monoisotopic (exact) mass is 251 g/mol. The lowest BCUT2D eigenvalue weighted by molar-refractivity contribution is 0.913. The molecule has 0 atom stereocenters. The molecule has 1 heterocycles. The molecular formula is C11H13N3S2. The fraction of sp³-hybridized carbons (Fsp3) is 0.273. The quantitative estimate of drug-likeness (QED) is 0.824. The van der Waals surface area contributed by atoms with Crippen molar-refractivity contribution in [3.63, 3.8) is 0 Å². The van der Waals surface area contributed by atoms with Gasteiger partial charge in [-0.15, -0.1) is 11.3 Å². The third-order valence-electron chi connectivity index (χ3n) is 2.16. The number of hydrogen-bond acceptors (Lipinski definition) is 3. The molecule has 0 bridgehead atoms. The highest BCUT2D eigenvalue weighted by Gasteiger charge is 2.04. The third kappa shape index (κ3) is 2.48. The number of nitrogens with zero attached hydrogens (tertiary/aromatic N) is 1. The van der Waals surface area contributed by atoms with Crippen molar-refractivity contribution in [2.75, 3.05) is 5.32 Å². The van der Waals surface area contributed by atoms with Gasteiger partial charge in [0.1, 0.15) is 0 Å². The second-order valence-corrected chi connectivity index (χ2v) is 5.08. The molecule has 0 spiro atoms. The average molecular weight is 251 g/mol. The van der Waals surface area contributed by atoms with Crippen molar-refractivity contribution in [1.29, 1.82) is 0 Å². The van der Waals surface area contributed by atoms with E-state index in [9.17, 15) is 0 Å². The van der Waals surface area contributed by atoms with E-state index >= 15 is 0 Å². The van der Waals surface area contributed by atoms with Crippen LogP contribution >= 0.6 is 23.6 Å². The zero-order valence-electron chi connectivity index (χ0n) is 8.99. The molecule has 0 amide bonds. The lowest BCUT2D eigenvalue weighted by Gasteiger charge is -2.01. The van der Waals surface area contributed by atoms with Crippen LogP contribution in [-0.4, -0.2) is 10.1 Å². The average Bonchev–Trinajstić information content (AvgIpc) is 2.59. The van der Waals surface area contributed by atoms with E-state index in [0.29, 0.717) is 0 Å². The molecule has 5 heteroatoms. The van der Waals surface area contributed by atoms with Crippen LogP contribution in [-0.2, 0) is 6.42 Å². The fourth-order valence-electron chi connectivity index (χ4n) is 1.51. The molecule has 0 radical (unpaired) electrons. The first-order chi connectivity index (χ1) is 7.69. The Morgan fingerprint density at radius 1 is 1.56 bits per heavy atom. The number of benzene rings is 1. The molecule has 0 saturated carbocycles. The number of thiazole rings is 1. The summed E-state index contributed by atoms with van der Waals surface area (Å²) in [6.07, 6.45) is 2.16. The van der Waals surface area contributed by atoms with Crippen molar-refractivity contribution in [1.82, 2.24) is 4.98 Å². The molecule has 1 aromatic carbocycles. The first kappa shape index (κ1) is 11.3. The van der Waals surface area contributed by atoms with E-state index in [4.69, 9.17) is 18.0 Å². The molecule has 0 unspecified atom stereocenters. The predicted octanol–water partition coefficient (Wildman–Crippen LogP) is 2.90. The summed E-state index contributed by atoms with van der Waals surface area (Å²) in [5.41, 5.74) is 7.40. The summed E-state index contributed by atoms with van der Waals surface area (Å²) in [5.74, 6) is 0. The standard InChI is InChI=1S/C11H13N3S2/c1-2-3-10-14-8-5-4-7(13-11(12)15)6-9(8)16-10/h4-6H,2-3H2,1H3,(H3,12,13,15). The number of nitrogens with two attached hydrogens (primary N) is 1. The zero-order valence-corrected chi connectivity index (χ0v) is 10.6. The number of aryl methyl sites for hydroxylation is 1. The minimum Gasteiger partial charge on any atom is -0.376 e. The van der Waals surface area contributed by atoms with E-state index in [2.05, 4.69) is 17.2 Å². The number of rotatable bonds is 3. The van der Waals surface area contributed by atoms with Crippen LogP contribution < -0.4 is 11.1 Å². The lowest BCUT2D eigenvalue weighted by Crippen LogP contribution is -2.18. The molecule has 0 aliphatic rings. The normalized spacial score (nSPS) is 10.6. The molecular weight excluding hydrogens is 238 g/mol. The number of hydrogen-bond donors (Lipinski definition) is 2. The number of fused-ring (bicyclic) bond motifs is 1. The van der Waals surface area contributed by atoms with Crippen molar-refractivity contribution < 1.29 is 0 Å². The fourth-order valence-corrected chi connectivity index (χ4v) is 2.74. The van der Waals surface area contributed by atoms with Crippen LogP contribution in [0.4, 0.5) is 5.69 Å². The molecule has 0 aliphatic carbocycles. The Kier molecular flexibility index (Phi) is 3.36. The Hall–Kier alpha value is -1.20. The SMILES string of the molecule is CCCc1nc2ccc(NC(N)=S)cc2s1. The Morgan fingerprint density at radius 2 is 2.38 bits per heavy atom. The minimum atomic E-state index is 0.289. The zero-order chi connectivity index (χ0) is 11.5. The number of thiocarbonyl (C=S) groups is 1. The summed E-state index contributed by atoms with van der Waals surface area (Å²) < 4.78 is 1.17. The summed E-state index contributed by atoms with van der Waals surface area (Å²) >= 11 is 6.53. The van der Waals surface area contributed by atoms with Gasteiger partial charge in [0.2, 0.25) is 0 Å². The second kappa shape index (κ2) is 4.76. The highest BCUT2D eigenvalue weighted by atomic mass is 32.1. The molecule has 0 aliphatic heterocycles. The van der Waals surface area contributed by atoms with Crippen molar-refractivity contribution in [3.05, 3.63) is 23.2 Å². The van der Waals surface area contributed by atoms with Gasteiger partial charge >= 0.3 is 0 Å². The van der Waals surface area contributed by atoms with Gasteiger partial charge in [-0.2, -0.15) is 0 Å². The van der Waals surface area contributed by atoms with E-state index in [1.807, 2.05) is 18.2 Å². The van der Waals surface area contributed by atoms with Crippen molar-refractivity contribution in [2.24, 2.45) is 5.73 Å². The maximum atomic E-state index is 5.43. The van der Waals surface area contributed by atoms with Gasteiger partial charge in [-0.05, 0) is 43.3 Å². The first-order valence-electron chi connectivity index (χ1n) is 5.15. The Labute approximate surface area is 104 Å². The molecule has 3 nitrogen and oxygen atoms in total. The Morgan fingerprint density at radius 3 is 3.06 bits per heavy atom. The van der Waals surface area contributed by atoms with E-state index in [-0.39, 0.29) is 5.11 Å². The highest BCUT2D eigenvalue weighted by Crippen LogP contribution is 2.25. The van der Waals surface area contributed by atoms with Gasteiger partial charge in [-0.25, -0.2) is 4.98 Å². The van der Waals surface area contributed by atoms with Crippen LogP contribution in [0.5, 0.6) is 0 Å². The first-order valence-corrected chi connectivity index (χ1v) is 6.37. The summed E-state index contributed by atoms with van der Waals surface area (Å²) in [6.45, 7) is 2.16. The van der Waals surface area contributed by atoms with Gasteiger partial charge in [0.05, 0.1) is 15.2 Å². The van der Waals surface area contributed by atoms with E-state index < -0.39 is 0 Å². The molecule has 2 aromatic rings. The third-order valence-corrected chi connectivity index (χ3v) is 3.34. The maximum Gasteiger partial charge on any atom is 0.168 e. The molecule has 3 N–H and O–H groups in total. The summed E-state index contributed by atoms with van der Waals surface area (Å²) in [5, 5.41) is 4.40. The van der Waals surface area contributed by atoms with Gasteiger partial charge < -0.3 is 11.1 Å². The van der Waals surface area contributed by atoms with Crippen molar-refractivity contribution in [3.8, 4) is 0 Å². The van der Waals surface area contributed by atoms with Crippen LogP contribution in [0.3, 0.4) is 0 Å². The number of aromatic nitrogens is 1. The van der Waals surface area contributed by atoms with Crippen molar-refractivity contribution >= 4 is 44.6 Å². The lowest BCUT2D eigenvalue weighted by atomic mass is 10.3. The van der Waals surface area contributed by atoms with Crippen LogP contribution in [0.25, 0.3) is 10.2 Å². The predicted molar refractivity (Wildman–Crippen MR) is 74.0 cm³/mol. The van der Waals surface area contributed by atoms with Crippen LogP contribution in [0.15, 0.2) is 18.2 Å². The Balaban J connectivity index is 2.33.